The fraction of sp³-hybridized carbons (Fsp3) is 0.150. The summed E-state index contributed by atoms with van der Waals surface area (Å²) in [5.41, 5.74) is 4.44. The number of carbonyl (C=O) groups is 1. The maximum atomic E-state index is 12.2. The molecule has 7 nitrogen and oxygen atoms in total. The second-order valence-corrected chi connectivity index (χ2v) is 6.27. The van der Waals surface area contributed by atoms with Gasteiger partial charge in [-0.3, -0.25) is 9.48 Å². The molecule has 3 aromatic rings. The number of rotatable bonds is 7. The molecular formula is C20H19ClN4O3. The van der Waals surface area contributed by atoms with Gasteiger partial charge in [-0.05, 0) is 42.0 Å². The van der Waals surface area contributed by atoms with Crippen molar-refractivity contribution in [3.05, 3.63) is 76.6 Å². The molecule has 1 heterocycles. The molecule has 1 amide bonds. The van der Waals surface area contributed by atoms with Gasteiger partial charge in [0.25, 0.3) is 5.91 Å². The standard InChI is InChI=1S/C20H19ClN4O3/c1-27-17-7-8-19(28-2)15(11-17)12-22-23-20(26)18-9-10-25(24-18)13-14-3-5-16(21)6-4-14/h3-12H,13H2,1-2H3,(H,23,26)/b22-12-. The van der Waals surface area contributed by atoms with Crippen molar-refractivity contribution in [1.29, 1.82) is 0 Å². The fourth-order valence-corrected chi connectivity index (χ4v) is 2.63. The van der Waals surface area contributed by atoms with Crippen LogP contribution in [0.3, 0.4) is 0 Å². The third-order valence-electron chi connectivity index (χ3n) is 3.94. The zero-order chi connectivity index (χ0) is 19.9. The van der Waals surface area contributed by atoms with Crippen LogP contribution in [0.25, 0.3) is 0 Å². The first kappa shape index (κ1) is 19.4. The van der Waals surface area contributed by atoms with E-state index in [2.05, 4.69) is 15.6 Å². The van der Waals surface area contributed by atoms with Gasteiger partial charge in [0.15, 0.2) is 5.69 Å². The number of hydrogen-bond acceptors (Lipinski definition) is 5. The summed E-state index contributed by atoms with van der Waals surface area (Å²) in [6.45, 7) is 0.536. The molecule has 2 aromatic carbocycles. The third-order valence-corrected chi connectivity index (χ3v) is 4.19. The van der Waals surface area contributed by atoms with Crippen molar-refractivity contribution in [2.24, 2.45) is 5.10 Å². The van der Waals surface area contributed by atoms with Crippen LogP contribution in [0.1, 0.15) is 21.6 Å². The smallest absolute Gasteiger partial charge is 0.291 e. The van der Waals surface area contributed by atoms with Gasteiger partial charge in [0, 0.05) is 16.8 Å². The van der Waals surface area contributed by atoms with Gasteiger partial charge in [-0.15, -0.1) is 0 Å². The Morgan fingerprint density at radius 2 is 1.96 bits per heavy atom. The summed E-state index contributed by atoms with van der Waals surface area (Å²) in [6, 6.07) is 14.4. The highest BCUT2D eigenvalue weighted by molar-refractivity contribution is 6.30. The number of ether oxygens (including phenoxy) is 2. The van der Waals surface area contributed by atoms with Crippen LogP contribution in [-0.2, 0) is 6.54 Å². The van der Waals surface area contributed by atoms with Crippen LogP contribution in [0, 0.1) is 0 Å². The van der Waals surface area contributed by atoms with Crippen LogP contribution in [0.15, 0.2) is 59.8 Å². The molecule has 8 heteroatoms. The molecule has 0 fully saturated rings. The Bertz CT molecular complexity index is 983. The Balaban J connectivity index is 1.63. The van der Waals surface area contributed by atoms with E-state index in [1.54, 1.807) is 49.4 Å². The summed E-state index contributed by atoms with van der Waals surface area (Å²) in [7, 11) is 3.13. The second-order valence-electron chi connectivity index (χ2n) is 5.83. The summed E-state index contributed by atoms with van der Waals surface area (Å²) in [6.07, 6.45) is 3.22. The Morgan fingerprint density at radius 3 is 2.68 bits per heavy atom. The molecule has 0 saturated heterocycles. The van der Waals surface area contributed by atoms with E-state index in [0.717, 1.165) is 5.56 Å². The lowest BCUT2D eigenvalue weighted by Gasteiger charge is -2.06. The van der Waals surface area contributed by atoms with Gasteiger partial charge in [0.2, 0.25) is 0 Å². The zero-order valence-electron chi connectivity index (χ0n) is 15.4. The molecule has 0 saturated carbocycles. The van der Waals surface area contributed by atoms with Crippen LogP contribution in [-0.4, -0.2) is 36.1 Å². The first-order chi connectivity index (χ1) is 13.6. The number of nitrogens with zero attached hydrogens (tertiary/aromatic N) is 3. The fourth-order valence-electron chi connectivity index (χ4n) is 2.51. The van der Waals surface area contributed by atoms with Gasteiger partial charge in [-0.2, -0.15) is 10.2 Å². The maximum Gasteiger partial charge on any atom is 0.291 e. The van der Waals surface area contributed by atoms with E-state index < -0.39 is 5.91 Å². The number of hydrazone groups is 1. The minimum atomic E-state index is -0.409. The molecule has 0 spiro atoms. The molecular weight excluding hydrogens is 380 g/mol. The number of halogens is 1. The van der Waals surface area contributed by atoms with Crippen LogP contribution in [0.4, 0.5) is 0 Å². The number of benzene rings is 2. The number of hydrogen-bond donors (Lipinski definition) is 1. The Morgan fingerprint density at radius 1 is 1.18 bits per heavy atom. The molecule has 0 aliphatic heterocycles. The first-order valence-electron chi connectivity index (χ1n) is 8.42. The molecule has 0 radical (unpaired) electrons. The predicted molar refractivity (Wildman–Crippen MR) is 107 cm³/mol. The molecule has 0 bridgehead atoms. The van der Waals surface area contributed by atoms with E-state index in [0.29, 0.717) is 28.6 Å². The van der Waals surface area contributed by atoms with E-state index in [1.807, 2.05) is 24.3 Å². The third kappa shape index (κ3) is 4.89. The lowest BCUT2D eigenvalue weighted by molar-refractivity contribution is 0.0949. The summed E-state index contributed by atoms with van der Waals surface area (Å²) in [5, 5.41) is 8.92. The largest absolute Gasteiger partial charge is 0.497 e. The monoisotopic (exact) mass is 398 g/mol. The van der Waals surface area contributed by atoms with Gasteiger partial charge in [0.05, 0.1) is 27.0 Å². The second kappa shape index (κ2) is 9.05. The summed E-state index contributed by atoms with van der Waals surface area (Å²) < 4.78 is 12.1. The summed E-state index contributed by atoms with van der Waals surface area (Å²) in [4.78, 5) is 12.2. The lowest BCUT2D eigenvalue weighted by Crippen LogP contribution is -2.18. The van der Waals surface area contributed by atoms with Crippen molar-refractivity contribution < 1.29 is 14.3 Å². The molecule has 28 heavy (non-hydrogen) atoms. The van der Waals surface area contributed by atoms with Gasteiger partial charge in [-0.25, -0.2) is 5.43 Å². The predicted octanol–water partition coefficient (Wildman–Crippen LogP) is 3.37. The SMILES string of the molecule is COc1ccc(OC)c(/C=N\NC(=O)c2ccn(Cc3ccc(Cl)cc3)n2)c1. The molecule has 1 N–H and O–H groups in total. The highest BCUT2D eigenvalue weighted by atomic mass is 35.5. The van der Waals surface area contributed by atoms with Crippen LogP contribution < -0.4 is 14.9 Å². The minimum absolute atomic E-state index is 0.267. The lowest BCUT2D eigenvalue weighted by atomic mass is 10.2. The molecule has 3 rings (SSSR count). The highest BCUT2D eigenvalue weighted by Gasteiger charge is 2.09. The molecule has 0 unspecified atom stereocenters. The zero-order valence-corrected chi connectivity index (χ0v) is 16.2. The number of nitrogens with one attached hydrogen (secondary N) is 1. The van der Waals surface area contributed by atoms with Gasteiger partial charge in [0.1, 0.15) is 11.5 Å². The Kier molecular flexibility index (Phi) is 6.29. The number of methoxy groups -OCH3 is 2. The molecule has 0 aliphatic carbocycles. The number of carbonyl (C=O) groups excluding carboxylic acids is 1. The van der Waals surface area contributed by atoms with Crippen molar-refractivity contribution >= 4 is 23.7 Å². The van der Waals surface area contributed by atoms with Gasteiger partial charge < -0.3 is 9.47 Å². The van der Waals surface area contributed by atoms with E-state index in [1.165, 1.54) is 6.21 Å². The van der Waals surface area contributed by atoms with E-state index in [-0.39, 0.29) is 5.69 Å². The maximum absolute atomic E-state index is 12.2. The van der Waals surface area contributed by atoms with Crippen LogP contribution >= 0.6 is 11.6 Å². The summed E-state index contributed by atoms with van der Waals surface area (Å²) >= 11 is 5.89. The van der Waals surface area contributed by atoms with E-state index in [4.69, 9.17) is 21.1 Å². The van der Waals surface area contributed by atoms with Crippen molar-refractivity contribution in [3.8, 4) is 11.5 Å². The Hall–Kier alpha value is -3.32. The first-order valence-corrected chi connectivity index (χ1v) is 8.80. The number of aromatic nitrogens is 2. The molecule has 0 atom stereocenters. The highest BCUT2D eigenvalue weighted by Crippen LogP contribution is 2.22. The summed E-state index contributed by atoms with van der Waals surface area (Å²) in [5.74, 6) is 0.869. The van der Waals surface area contributed by atoms with Gasteiger partial charge >= 0.3 is 0 Å². The van der Waals surface area contributed by atoms with Crippen molar-refractivity contribution in [1.82, 2.24) is 15.2 Å². The van der Waals surface area contributed by atoms with Gasteiger partial charge in [-0.1, -0.05) is 23.7 Å². The van der Waals surface area contributed by atoms with E-state index >= 15 is 0 Å². The van der Waals surface area contributed by atoms with E-state index in [9.17, 15) is 4.79 Å². The Labute approximate surface area is 167 Å². The minimum Gasteiger partial charge on any atom is -0.497 e. The topological polar surface area (TPSA) is 77.7 Å². The average Bonchev–Trinajstić information content (AvgIpc) is 3.18. The normalized spacial score (nSPS) is 10.8. The molecule has 1 aromatic heterocycles. The number of amides is 1. The van der Waals surface area contributed by atoms with Crippen LogP contribution in [0.2, 0.25) is 5.02 Å². The van der Waals surface area contributed by atoms with Crippen molar-refractivity contribution in [2.45, 2.75) is 6.54 Å². The average molecular weight is 399 g/mol. The quantitative estimate of drug-likeness (QED) is 0.489. The molecule has 144 valence electrons. The van der Waals surface area contributed by atoms with Crippen LogP contribution in [0.5, 0.6) is 11.5 Å². The van der Waals surface area contributed by atoms with Crippen molar-refractivity contribution in [3.63, 3.8) is 0 Å². The molecule has 0 aliphatic rings. The van der Waals surface area contributed by atoms with Crippen molar-refractivity contribution in [2.75, 3.05) is 14.2 Å².